The fourth-order valence-electron chi connectivity index (χ4n) is 5.53. The molecule has 2 aliphatic rings. The van der Waals surface area contributed by atoms with Gasteiger partial charge in [-0.25, -0.2) is 0 Å². The van der Waals surface area contributed by atoms with Gasteiger partial charge >= 0.3 is 5.97 Å². The minimum absolute atomic E-state index is 0.121. The molecular weight excluding hydrogens is 576 g/mol. The quantitative estimate of drug-likeness (QED) is 0.329. The maximum Gasteiger partial charge on any atom is 0.305 e. The summed E-state index contributed by atoms with van der Waals surface area (Å²) >= 11 is 0. The van der Waals surface area contributed by atoms with Crippen LogP contribution in [0.15, 0.2) is 67.0 Å². The summed E-state index contributed by atoms with van der Waals surface area (Å²) in [5.74, 6) is -2.00. The van der Waals surface area contributed by atoms with Gasteiger partial charge in [-0.05, 0) is 73.4 Å². The number of rotatable bonds is 9. The molecular formula is C33H34N6O6. The SMILES string of the molecule is N#Cc1ccc(C(=O)N2CCCN(c3ccc(C(=O)NC(CC(=O)O)c4cccnc4)cc3NC(=O)C3CCCO3)CC2)cc1. The summed E-state index contributed by atoms with van der Waals surface area (Å²) in [6, 6.07) is 16.2. The highest BCUT2D eigenvalue weighted by Crippen LogP contribution is 2.30. The molecule has 3 heterocycles. The fourth-order valence-corrected chi connectivity index (χ4v) is 5.53. The van der Waals surface area contributed by atoms with Crippen LogP contribution in [0.1, 0.15) is 63.6 Å². The molecule has 0 bridgehead atoms. The summed E-state index contributed by atoms with van der Waals surface area (Å²) in [6.45, 7) is 2.56. The number of carboxylic acid groups (broad SMARTS) is 1. The Labute approximate surface area is 260 Å². The predicted octanol–water partition coefficient (Wildman–Crippen LogP) is 3.37. The van der Waals surface area contributed by atoms with E-state index in [1.54, 1.807) is 65.7 Å². The highest BCUT2D eigenvalue weighted by Gasteiger charge is 2.27. The molecule has 3 N–H and O–H groups in total. The van der Waals surface area contributed by atoms with Gasteiger partial charge in [0.05, 0.1) is 35.5 Å². The third kappa shape index (κ3) is 7.82. The van der Waals surface area contributed by atoms with E-state index in [-0.39, 0.29) is 23.8 Å². The number of benzene rings is 2. The summed E-state index contributed by atoms with van der Waals surface area (Å²) in [7, 11) is 0. The molecule has 232 valence electrons. The second-order valence-corrected chi connectivity index (χ2v) is 11.0. The summed E-state index contributed by atoms with van der Waals surface area (Å²) < 4.78 is 5.58. The maximum atomic E-state index is 13.4. The zero-order valence-electron chi connectivity index (χ0n) is 24.6. The van der Waals surface area contributed by atoms with Crippen molar-refractivity contribution in [1.82, 2.24) is 15.2 Å². The lowest BCUT2D eigenvalue weighted by atomic mass is 10.0. The minimum atomic E-state index is -1.07. The number of nitriles is 1. The second kappa shape index (κ2) is 14.5. The van der Waals surface area contributed by atoms with Crippen LogP contribution in [0.25, 0.3) is 0 Å². The van der Waals surface area contributed by atoms with Gasteiger partial charge < -0.3 is 30.3 Å². The molecule has 0 aliphatic carbocycles. The smallest absolute Gasteiger partial charge is 0.305 e. The molecule has 0 saturated carbocycles. The number of carbonyl (C=O) groups is 4. The number of carbonyl (C=O) groups excluding carboxylic acids is 3. The van der Waals surface area contributed by atoms with E-state index in [4.69, 9.17) is 10.00 Å². The number of nitrogens with zero attached hydrogens (tertiary/aromatic N) is 4. The Kier molecular flexibility index (Phi) is 10.0. The van der Waals surface area contributed by atoms with Gasteiger partial charge in [0.2, 0.25) is 0 Å². The van der Waals surface area contributed by atoms with Crippen LogP contribution in [-0.2, 0) is 14.3 Å². The molecule has 5 rings (SSSR count). The van der Waals surface area contributed by atoms with Crippen LogP contribution in [0.3, 0.4) is 0 Å². The first-order chi connectivity index (χ1) is 21.8. The Bertz CT molecular complexity index is 1580. The van der Waals surface area contributed by atoms with Gasteiger partial charge in [-0.1, -0.05) is 6.07 Å². The Balaban J connectivity index is 1.36. The number of aromatic nitrogens is 1. The monoisotopic (exact) mass is 610 g/mol. The Morgan fingerprint density at radius 2 is 1.82 bits per heavy atom. The zero-order chi connectivity index (χ0) is 31.8. The van der Waals surface area contributed by atoms with Crippen LogP contribution < -0.4 is 15.5 Å². The van der Waals surface area contributed by atoms with Crippen molar-refractivity contribution >= 4 is 35.1 Å². The molecule has 0 radical (unpaired) electrons. The van der Waals surface area contributed by atoms with Crippen molar-refractivity contribution < 1.29 is 29.0 Å². The van der Waals surface area contributed by atoms with Crippen LogP contribution in [0.4, 0.5) is 11.4 Å². The predicted molar refractivity (Wildman–Crippen MR) is 165 cm³/mol. The van der Waals surface area contributed by atoms with Crippen molar-refractivity contribution in [2.45, 2.75) is 37.8 Å². The van der Waals surface area contributed by atoms with E-state index < -0.39 is 24.0 Å². The Morgan fingerprint density at radius 1 is 1.02 bits per heavy atom. The number of pyridine rings is 1. The number of nitrogens with one attached hydrogen (secondary N) is 2. The molecule has 3 aromatic rings. The van der Waals surface area contributed by atoms with Gasteiger partial charge in [0.1, 0.15) is 6.10 Å². The summed E-state index contributed by atoms with van der Waals surface area (Å²) in [5, 5.41) is 24.3. The average Bonchev–Trinajstić information content (AvgIpc) is 3.50. The standard InChI is InChI=1S/C33H34N6O6/c34-20-22-6-8-23(9-7-22)33(44)39-14-3-13-38(15-16-39)28-11-10-24(18-27(28)37-32(43)29-5-2-17-45-29)31(42)36-26(19-30(40)41)25-4-1-12-35-21-25/h1,4,6-12,18,21,26,29H,2-3,5,13-17,19H2,(H,36,42)(H,37,43)(H,40,41). The molecule has 12 nitrogen and oxygen atoms in total. The van der Waals surface area contributed by atoms with Crippen molar-refractivity contribution in [1.29, 1.82) is 5.26 Å². The number of ether oxygens (including phenoxy) is 1. The normalized spacial score (nSPS) is 17.1. The molecule has 1 aromatic heterocycles. The van der Waals surface area contributed by atoms with Gasteiger partial charge in [-0.15, -0.1) is 0 Å². The molecule has 0 spiro atoms. The van der Waals surface area contributed by atoms with Crippen molar-refractivity contribution in [2.75, 3.05) is 43.0 Å². The molecule has 2 atom stereocenters. The topological polar surface area (TPSA) is 165 Å². The van der Waals surface area contributed by atoms with Gasteiger partial charge in [-0.2, -0.15) is 5.26 Å². The van der Waals surface area contributed by atoms with Crippen molar-refractivity contribution in [3.8, 4) is 6.07 Å². The molecule has 2 fully saturated rings. The molecule has 2 saturated heterocycles. The van der Waals surface area contributed by atoms with E-state index in [2.05, 4.69) is 26.6 Å². The summed E-state index contributed by atoms with van der Waals surface area (Å²) in [6.07, 6.45) is 4.20. The Morgan fingerprint density at radius 3 is 2.51 bits per heavy atom. The number of aliphatic carboxylic acids is 1. The van der Waals surface area contributed by atoms with Crippen LogP contribution in [0.5, 0.6) is 0 Å². The zero-order valence-corrected chi connectivity index (χ0v) is 24.6. The van der Waals surface area contributed by atoms with E-state index in [9.17, 15) is 24.3 Å². The minimum Gasteiger partial charge on any atom is -0.481 e. The van der Waals surface area contributed by atoms with Gasteiger partial charge in [0.25, 0.3) is 17.7 Å². The van der Waals surface area contributed by atoms with Gasteiger partial charge in [0.15, 0.2) is 0 Å². The highest BCUT2D eigenvalue weighted by molar-refractivity contribution is 6.01. The van der Waals surface area contributed by atoms with Crippen LogP contribution in [0, 0.1) is 11.3 Å². The first-order valence-corrected chi connectivity index (χ1v) is 14.9. The van der Waals surface area contributed by atoms with Crippen molar-refractivity contribution in [3.05, 3.63) is 89.2 Å². The number of carboxylic acids is 1. The van der Waals surface area contributed by atoms with Crippen molar-refractivity contribution in [2.24, 2.45) is 0 Å². The fraction of sp³-hybridized carbons (Fsp3) is 0.333. The first kappa shape index (κ1) is 31.2. The van der Waals surface area contributed by atoms with E-state index in [0.29, 0.717) is 73.7 Å². The number of anilines is 2. The molecule has 2 aromatic carbocycles. The second-order valence-electron chi connectivity index (χ2n) is 11.0. The summed E-state index contributed by atoms with van der Waals surface area (Å²) in [4.78, 5) is 59.2. The highest BCUT2D eigenvalue weighted by atomic mass is 16.5. The number of hydrogen-bond donors (Lipinski definition) is 3. The number of amides is 3. The summed E-state index contributed by atoms with van der Waals surface area (Å²) in [5.41, 5.74) is 2.91. The molecule has 3 amide bonds. The lowest BCUT2D eigenvalue weighted by Crippen LogP contribution is -2.35. The molecule has 2 unspecified atom stereocenters. The lowest BCUT2D eigenvalue weighted by Gasteiger charge is -2.27. The van der Waals surface area contributed by atoms with E-state index in [0.717, 1.165) is 6.42 Å². The largest absolute Gasteiger partial charge is 0.481 e. The molecule has 45 heavy (non-hydrogen) atoms. The molecule has 2 aliphatic heterocycles. The van der Waals surface area contributed by atoms with E-state index >= 15 is 0 Å². The molecule has 12 heteroatoms. The van der Waals surface area contributed by atoms with Crippen LogP contribution >= 0.6 is 0 Å². The first-order valence-electron chi connectivity index (χ1n) is 14.9. The van der Waals surface area contributed by atoms with Gasteiger partial charge in [0, 0.05) is 56.3 Å². The lowest BCUT2D eigenvalue weighted by molar-refractivity contribution is -0.137. The third-order valence-corrected chi connectivity index (χ3v) is 7.89. The van der Waals surface area contributed by atoms with Gasteiger partial charge in [-0.3, -0.25) is 24.2 Å². The average molecular weight is 611 g/mol. The maximum absolute atomic E-state index is 13.4. The van der Waals surface area contributed by atoms with E-state index in [1.165, 1.54) is 6.20 Å². The number of hydrogen-bond acceptors (Lipinski definition) is 8. The Hall–Kier alpha value is -5.28. The van der Waals surface area contributed by atoms with Crippen LogP contribution in [0.2, 0.25) is 0 Å². The van der Waals surface area contributed by atoms with Crippen LogP contribution in [-0.4, -0.2) is 77.6 Å². The third-order valence-electron chi connectivity index (χ3n) is 7.89. The van der Waals surface area contributed by atoms with Crippen molar-refractivity contribution in [3.63, 3.8) is 0 Å². The van der Waals surface area contributed by atoms with E-state index in [1.807, 2.05) is 0 Å².